The van der Waals surface area contributed by atoms with E-state index in [0.717, 1.165) is 17.2 Å². The second-order valence-electron chi connectivity index (χ2n) is 3.56. The molecule has 2 N–H and O–H groups in total. The first kappa shape index (κ1) is 9.42. The maximum Gasteiger partial charge on any atom is 0.184 e. The van der Waals surface area contributed by atoms with Gasteiger partial charge in [-0.2, -0.15) is 0 Å². The molecule has 3 nitrogen and oxygen atoms in total. The van der Waals surface area contributed by atoms with E-state index in [0.29, 0.717) is 0 Å². The molecule has 0 aliphatic rings. The largest absolute Gasteiger partial charge is 0.367 e. The first-order valence-corrected chi connectivity index (χ1v) is 5.94. The van der Waals surface area contributed by atoms with Crippen molar-refractivity contribution in [2.24, 2.45) is 0 Å². The molecule has 0 saturated heterocycles. The minimum Gasteiger partial charge on any atom is -0.367 e. The first-order valence-electron chi connectivity index (χ1n) is 5.13. The van der Waals surface area contributed by atoms with Crippen LogP contribution >= 0.6 is 11.3 Å². The SMILES string of the molecule is c1ccc2sc(NCc3cc[nH]c3)nc2c1. The maximum atomic E-state index is 4.51. The van der Waals surface area contributed by atoms with Crippen molar-refractivity contribution in [3.05, 3.63) is 48.3 Å². The topological polar surface area (TPSA) is 40.7 Å². The van der Waals surface area contributed by atoms with Crippen molar-refractivity contribution >= 4 is 26.7 Å². The number of hydrogen-bond acceptors (Lipinski definition) is 3. The van der Waals surface area contributed by atoms with Crippen LogP contribution < -0.4 is 5.32 Å². The van der Waals surface area contributed by atoms with Crippen LogP contribution in [0.4, 0.5) is 5.13 Å². The van der Waals surface area contributed by atoms with Gasteiger partial charge in [-0.1, -0.05) is 23.5 Å². The van der Waals surface area contributed by atoms with E-state index in [1.165, 1.54) is 10.3 Å². The molecule has 0 spiro atoms. The molecule has 0 fully saturated rings. The number of fused-ring (bicyclic) bond motifs is 1. The molecular formula is C12H11N3S. The van der Waals surface area contributed by atoms with Crippen LogP contribution in [-0.2, 0) is 6.54 Å². The number of anilines is 1. The molecular weight excluding hydrogens is 218 g/mol. The number of benzene rings is 1. The lowest BCUT2D eigenvalue weighted by molar-refractivity contribution is 1.14. The standard InChI is InChI=1S/C12H11N3S/c1-2-4-11-10(3-1)15-12(16-11)14-8-9-5-6-13-7-9/h1-7,13H,8H2,(H,14,15). The lowest BCUT2D eigenvalue weighted by Crippen LogP contribution is -1.96. The quantitative estimate of drug-likeness (QED) is 0.724. The second-order valence-corrected chi connectivity index (χ2v) is 4.59. The summed E-state index contributed by atoms with van der Waals surface area (Å²) in [5, 5.41) is 4.30. The van der Waals surface area contributed by atoms with E-state index < -0.39 is 0 Å². The van der Waals surface area contributed by atoms with Crippen LogP contribution in [0.5, 0.6) is 0 Å². The van der Waals surface area contributed by atoms with Crippen molar-refractivity contribution < 1.29 is 0 Å². The Labute approximate surface area is 97.2 Å². The highest BCUT2D eigenvalue weighted by Gasteiger charge is 2.02. The van der Waals surface area contributed by atoms with E-state index in [4.69, 9.17) is 0 Å². The summed E-state index contributed by atoms with van der Waals surface area (Å²) in [5.41, 5.74) is 2.29. The van der Waals surface area contributed by atoms with Crippen LogP contribution in [0.3, 0.4) is 0 Å². The highest BCUT2D eigenvalue weighted by atomic mass is 32.1. The average molecular weight is 229 g/mol. The molecule has 3 aromatic rings. The van der Waals surface area contributed by atoms with Crippen molar-refractivity contribution in [1.29, 1.82) is 0 Å². The molecule has 1 aromatic carbocycles. The Morgan fingerprint density at radius 2 is 2.19 bits per heavy atom. The van der Waals surface area contributed by atoms with Crippen molar-refractivity contribution in [2.75, 3.05) is 5.32 Å². The van der Waals surface area contributed by atoms with Crippen LogP contribution in [0.15, 0.2) is 42.7 Å². The number of aromatic amines is 1. The summed E-state index contributed by atoms with van der Waals surface area (Å²) in [7, 11) is 0. The first-order chi connectivity index (χ1) is 7.92. The summed E-state index contributed by atoms with van der Waals surface area (Å²) in [6.07, 6.45) is 3.91. The Morgan fingerprint density at radius 3 is 3.00 bits per heavy atom. The molecule has 3 rings (SSSR count). The van der Waals surface area contributed by atoms with Crippen LogP contribution in [0, 0.1) is 0 Å². The Hall–Kier alpha value is -1.81. The van der Waals surface area contributed by atoms with E-state index in [-0.39, 0.29) is 0 Å². The van der Waals surface area contributed by atoms with Crippen molar-refractivity contribution in [2.45, 2.75) is 6.54 Å². The van der Waals surface area contributed by atoms with Gasteiger partial charge in [0.25, 0.3) is 0 Å². The highest BCUT2D eigenvalue weighted by Crippen LogP contribution is 2.25. The third-order valence-electron chi connectivity index (χ3n) is 2.40. The zero-order valence-electron chi connectivity index (χ0n) is 8.60. The third kappa shape index (κ3) is 1.79. The molecule has 0 unspecified atom stereocenters. The molecule has 2 heterocycles. The van der Waals surface area contributed by atoms with E-state index in [9.17, 15) is 0 Å². The Morgan fingerprint density at radius 1 is 1.25 bits per heavy atom. The van der Waals surface area contributed by atoms with Gasteiger partial charge in [0.15, 0.2) is 5.13 Å². The molecule has 0 radical (unpaired) electrons. The van der Waals surface area contributed by atoms with E-state index in [1.54, 1.807) is 11.3 Å². The molecule has 0 aliphatic heterocycles. The molecule has 16 heavy (non-hydrogen) atoms. The van der Waals surface area contributed by atoms with Gasteiger partial charge in [0, 0.05) is 18.9 Å². The number of aromatic nitrogens is 2. The number of nitrogens with zero attached hydrogens (tertiary/aromatic N) is 1. The average Bonchev–Trinajstić information content (AvgIpc) is 2.95. The lowest BCUT2D eigenvalue weighted by atomic mass is 10.3. The summed E-state index contributed by atoms with van der Waals surface area (Å²) >= 11 is 1.69. The predicted octanol–water partition coefficient (Wildman–Crippen LogP) is 3.24. The molecule has 0 atom stereocenters. The number of thiazole rings is 1. The van der Waals surface area contributed by atoms with Crippen LogP contribution in [0.1, 0.15) is 5.56 Å². The maximum absolute atomic E-state index is 4.51. The second kappa shape index (κ2) is 3.98. The minimum absolute atomic E-state index is 0.809. The number of nitrogens with one attached hydrogen (secondary N) is 2. The summed E-state index contributed by atoms with van der Waals surface area (Å²) in [6.45, 7) is 0.809. The molecule has 80 valence electrons. The van der Waals surface area contributed by atoms with Gasteiger partial charge in [-0.3, -0.25) is 0 Å². The third-order valence-corrected chi connectivity index (χ3v) is 3.39. The fourth-order valence-electron chi connectivity index (χ4n) is 1.59. The van der Waals surface area contributed by atoms with Crippen LogP contribution in [0.2, 0.25) is 0 Å². The number of hydrogen-bond donors (Lipinski definition) is 2. The van der Waals surface area contributed by atoms with Gasteiger partial charge in [0.2, 0.25) is 0 Å². The summed E-state index contributed by atoms with van der Waals surface area (Å²) in [5.74, 6) is 0. The van der Waals surface area contributed by atoms with E-state index >= 15 is 0 Å². The molecule has 0 aliphatic carbocycles. The summed E-state index contributed by atoms with van der Waals surface area (Å²) in [6, 6.07) is 10.2. The van der Waals surface area contributed by atoms with Crippen LogP contribution in [-0.4, -0.2) is 9.97 Å². The molecule has 0 amide bonds. The zero-order valence-corrected chi connectivity index (χ0v) is 9.42. The van der Waals surface area contributed by atoms with Gasteiger partial charge in [-0.25, -0.2) is 4.98 Å². The van der Waals surface area contributed by atoms with Gasteiger partial charge in [-0.05, 0) is 23.8 Å². The fourth-order valence-corrected chi connectivity index (χ4v) is 2.46. The molecule has 4 heteroatoms. The van der Waals surface area contributed by atoms with Crippen molar-refractivity contribution in [3.63, 3.8) is 0 Å². The Bertz CT molecular complexity index is 550. The normalized spacial score (nSPS) is 10.8. The fraction of sp³-hybridized carbons (Fsp3) is 0.0833. The lowest BCUT2D eigenvalue weighted by Gasteiger charge is -1.98. The van der Waals surface area contributed by atoms with E-state index in [1.807, 2.05) is 30.6 Å². The van der Waals surface area contributed by atoms with Gasteiger partial charge in [0.1, 0.15) is 0 Å². The molecule has 0 saturated carbocycles. The summed E-state index contributed by atoms with van der Waals surface area (Å²) in [4.78, 5) is 7.54. The smallest absolute Gasteiger partial charge is 0.184 e. The van der Waals surface area contributed by atoms with Gasteiger partial charge in [-0.15, -0.1) is 0 Å². The van der Waals surface area contributed by atoms with Crippen molar-refractivity contribution in [3.8, 4) is 0 Å². The summed E-state index contributed by atoms with van der Waals surface area (Å²) < 4.78 is 1.22. The van der Waals surface area contributed by atoms with Crippen LogP contribution in [0.25, 0.3) is 10.2 Å². The Balaban J connectivity index is 1.79. The minimum atomic E-state index is 0.809. The van der Waals surface area contributed by atoms with E-state index in [2.05, 4.69) is 27.4 Å². The van der Waals surface area contributed by atoms with Crippen molar-refractivity contribution in [1.82, 2.24) is 9.97 Å². The Kier molecular flexibility index (Phi) is 2.34. The number of H-pyrrole nitrogens is 1. The molecule has 2 aromatic heterocycles. The zero-order chi connectivity index (χ0) is 10.8. The van der Waals surface area contributed by atoms with Gasteiger partial charge in [0.05, 0.1) is 10.2 Å². The molecule has 0 bridgehead atoms. The predicted molar refractivity (Wildman–Crippen MR) is 67.7 cm³/mol. The number of para-hydroxylation sites is 1. The van der Waals surface area contributed by atoms with Gasteiger partial charge < -0.3 is 10.3 Å². The number of rotatable bonds is 3. The highest BCUT2D eigenvalue weighted by molar-refractivity contribution is 7.22. The van der Waals surface area contributed by atoms with Gasteiger partial charge >= 0.3 is 0 Å². The monoisotopic (exact) mass is 229 g/mol.